The van der Waals surface area contributed by atoms with Gasteiger partial charge in [-0.05, 0) is 55.9 Å². The van der Waals surface area contributed by atoms with Gasteiger partial charge in [0, 0.05) is 31.0 Å². The van der Waals surface area contributed by atoms with Crippen LogP contribution in [0.1, 0.15) is 25.7 Å². The predicted octanol–water partition coefficient (Wildman–Crippen LogP) is 3.21. The number of aromatic nitrogens is 4. The number of pyridine rings is 1. The van der Waals surface area contributed by atoms with Crippen molar-refractivity contribution in [2.45, 2.75) is 31.7 Å². The van der Waals surface area contributed by atoms with Crippen LogP contribution in [-0.2, 0) is 4.74 Å². The molecule has 5 rings (SSSR count). The minimum Gasteiger partial charge on any atom is -0.449 e. The number of fused-ring (bicyclic) bond motifs is 1. The van der Waals surface area contributed by atoms with E-state index in [0.29, 0.717) is 19.1 Å². The summed E-state index contributed by atoms with van der Waals surface area (Å²) in [6, 6.07) is 7.87. The number of anilines is 1. The van der Waals surface area contributed by atoms with Crippen molar-refractivity contribution in [2.24, 2.45) is 5.92 Å². The van der Waals surface area contributed by atoms with Gasteiger partial charge in [0.25, 0.3) is 0 Å². The van der Waals surface area contributed by atoms with E-state index in [1.165, 1.54) is 12.8 Å². The number of amides is 1. The molecule has 0 spiro atoms. The molecule has 3 aromatic rings. The number of imidazole rings is 1. The molecule has 1 aliphatic heterocycles. The van der Waals surface area contributed by atoms with Crippen LogP contribution < -0.4 is 5.32 Å². The van der Waals surface area contributed by atoms with Gasteiger partial charge in [0.05, 0.1) is 24.5 Å². The van der Waals surface area contributed by atoms with Crippen LogP contribution in [0.4, 0.5) is 10.6 Å². The Hall–Kier alpha value is -3.16. The minimum absolute atomic E-state index is 0.127. The van der Waals surface area contributed by atoms with Crippen molar-refractivity contribution in [1.29, 1.82) is 0 Å². The lowest BCUT2D eigenvalue weighted by Crippen LogP contribution is -2.40. The van der Waals surface area contributed by atoms with E-state index in [1.807, 2.05) is 39.9 Å². The third-order valence-corrected chi connectivity index (χ3v) is 5.61. The zero-order chi connectivity index (χ0) is 19.6. The Bertz CT molecular complexity index is 1000. The molecule has 2 aliphatic rings. The van der Waals surface area contributed by atoms with E-state index in [0.717, 1.165) is 42.1 Å². The number of ether oxygens (including phenoxy) is 1. The van der Waals surface area contributed by atoms with Crippen molar-refractivity contribution in [1.82, 2.24) is 24.5 Å². The highest BCUT2D eigenvalue weighted by Gasteiger charge is 2.31. The van der Waals surface area contributed by atoms with Crippen LogP contribution in [0.15, 0.2) is 42.9 Å². The molecule has 1 saturated heterocycles. The average molecular weight is 392 g/mol. The van der Waals surface area contributed by atoms with Crippen LogP contribution in [0, 0.1) is 5.92 Å². The van der Waals surface area contributed by atoms with Gasteiger partial charge >= 0.3 is 6.09 Å². The summed E-state index contributed by atoms with van der Waals surface area (Å²) in [6.45, 7) is 1.97. The minimum atomic E-state index is -0.181. The maximum Gasteiger partial charge on any atom is 0.410 e. The Balaban J connectivity index is 1.27. The topological polar surface area (TPSA) is 84.6 Å². The second-order valence-corrected chi connectivity index (χ2v) is 7.76. The standard InChI is InChI=1S/C21H24N6O2/c28-21(29-14-15-3-4-15)26-11-1-2-17(26)12-23-19-5-6-20-24-13-18(27(20)25-19)16-7-9-22-10-8-16/h5-10,13,15,17H,1-4,11-12,14H2,(H,23,25). The van der Waals surface area contributed by atoms with Crippen LogP contribution in [0.25, 0.3) is 16.9 Å². The van der Waals surface area contributed by atoms with Gasteiger partial charge in [-0.1, -0.05) is 0 Å². The fraction of sp³-hybridized carbons (Fsp3) is 0.429. The highest BCUT2D eigenvalue weighted by atomic mass is 16.6. The third-order valence-electron chi connectivity index (χ3n) is 5.61. The second kappa shape index (κ2) is 7.69. The van der Waals surface area contributed by atoms with Crippen molar-refractivity contribution in [3.05, 3.63) is 42.9 Å². The number of carbonyl (C=O) groups is 1. The molecule has 2 fully saturated rings. The molecule has 4 heterocycles. The Morgan fingerprint density at radius 2 is 2.03 bits per heavy atom. The van der Waals surface area contributed by atoms with Gasteiger partial charge in [-0.3, -0.25) is 4.98 Å². The van der Waals surface area contributed by atoms with Crippen molar-refractivity contribution < 1.29 is 9.53 Å². The summed E-state index contributed by atoms with van der Waals surface area (Å²) in [5.41, 5.74) is 2.71. The Morgan fingerprint density at radius 3 is 2.86 bits per heavy atom. The zero-order valence-electron chi connectivity index (χ0n) is 16.2. The number of hydrogen-bond donors (Lipinski definition) is 1. The molecule has 1 atom stereocenters. The fourth-order valence-electron chi connectivity index (χ4n) is 3.75. The maximum absolute atomic E-state index is 12.4. The van der Waals surface area contributed by atoms with Gasteiger partial charge in [-0.25, -0.2) is 14.3 Å². The molecule has 8 heteroatoms. The first-order chi connectivity index (χ1) is 14.3. The van der Waals surface area contributed by atoms with E-state index >= 15 is 0 Å². The van der Waals surface area contributed by atoms with Gasteiger partial charge in [-0.15, -0.1) is 5.10 Å². The van der Waals surface area contributed by atoms with Crippen LogP contribution in [0.3, 0.4) is 0 Å². The van der Waals surface area contributed by atoms with Crippen molar-refractivity contribution >= 4 is 17.6 Å². The van der Waals surface area contributed by atoms with Gasteiger partial charge in [0.1, 0.15) is 5.82 Å². The lowest BCUT2D eigenvalue weighted by molar-refractivity contribution is 0.0956. The van der Waals surface area contributed by atoms with Crippen LogP contribution in [-0.4, -0.2) is 56.3 Å². The Morgan fingerprint density at radius 1 is 1.17 bits per heavy atom. The second-order valence-electron chi connectivity index (χ2n) is 7.76. The Kier molecular flexibility index (Phi) is 4.75. The molecular weight excluding hydrogens is 368 g/mol. The summed E-state index contributed by atoms with van der Waals surface area (Å²) in [6.07, 6.45) is 9.49. The summed E-state index contributed by atoms with van der Waals surface area (Å²) in [5, 5.41) is 8.09. The zero-order valence-corrected chi connectivity index (χ0v) is 16.2. The molecule has 0 bridgehead atoms. The van der Waals surface area contributed by atoms with Gasteiger partial charge in [0.15, 0.2) is 5.65 Å². The molecule has 150 valence electrons. The van der Waals surface area contributed by atoms with Crippen LogP contribution in [0.2, 0.25) is 0 Å². The predicted molar refractivity (Wildman–Crippen MR) is 109 cm³/mol. The van der Waals surface area contributed by atoms with Gasteiger partial charge in [-0.2, -0.15) is 0 Å². The molecule has 0 aromatic carbocycles. The van der Waals surface area contributed by atoms with E-state index in [9.17, 15) is 4.79 Å². The molecule has 1 amide bonds. The highest BCUT2D eigenvalue weighted by Crippen LogP contribution is 2.29. The average Bonchev–Trinajstić information content (AvgIpc) is 3.30. The summed E-state index contributed by atoms with van der Waals surface area (Å²) in [5.74, 6) is 1.34. The monoisotopic (exact) mass is 392 g/mol. The highest BCUT2D eigenvalue weighted by molar-refractivity contribution is 5.68. The quantitative estimate of drug-likeness (QED) is 0.693. The molecule has 29 heavy (non-hydrogen) atoms. The summed E-state index contributed by atoms with van der Waals surface area (Å²) in [4.78, 5) is 22.7. The number of rotatable bonds is 6. The molecule has 3 aromatic heterocycles. The lowest BCUT2D eigenvalue weighted by atomic mass is 10.2. The van der Waals surface area contributed by atoms with E-state index in [1.54, 1.807) is 12.4 Å². The third kappa shape index (κ3) is 3.87. The lowest BCUT2D eigenvalue weighted by Gasteiger charge is -2.24. The number of nitrogens with zero attached hydrogens (tertiary/aromatic N) is 5. The SMILES string of the molecule is O=C(OCC1CC1)N1CCCC1CNc1ccc2ncc(-c3ccncc3)n2n1. The molecule has 1 unspecified atom stereocenters. The number of carbonyl (C=O) groups excluding carboxylic acids is 1. The molecular formula is C21H24N6O2. The number of hydrogen-bond acceptors (Lipinski definition) is 6. The molecule has 0 radical (unpaired) electrons. The largest absolute Gasteiger partial charge is 0.449 e. The van der Waals surface area contributed by atoms with Crippen LogP contribution in [0.5, 0.6) is 0 Å². The van der Waals surface area contributed by atoms with E-state index in [-0.39, 0.29) is 12.1 Å². The summed E-state index contributed by atoms with van der Waals surface area (Å²) in [7, 11) is 0. The molecule has 8 nitrogen and oxygen atoms in total. The summed E-state index contributed by atoms with van der Waals surface area (Å²) >= 11 is 0. The molecule has 1 saturated carbocycles. The molecule has 1 aliphatic carbocycles. The molecule has 1 N–H and O–H groups in total. The number of nitrogens with one attached hydrogen (secondary N) is 1. The van der Waals surface area contributed by atoms with Crippen molar-refractivity contribution in [3.63, 3.8) is 0 Å². The maximum atomic E-state index is 12.4. The van der Waals surface area contributed by atoms with Gasteiger partial charge < -0.3 is 15.0 Å². The normalized spacial score (nSPS) is 18.9. The first-order valence-electron chi connectivity index (χ1n) is 10.2. The van der Waals surface area contributed by atoms with Crippen molar-refractivity contribution in [3.8, 4) is 11.3 Å². The van der Waals surface area contributed by atoms with Crippen LogP contribution >= 0.6 is 0 Å². The van der Waals surface area contributed by atoms with Gasteiger partial charge in [0.2, 0.25) is 0 Å². The van der Waals surface area contributed by atoms with E-state index in [2.05, 4.69) is 15.3 Å². The fourth-order valence-corrected chi connectivity index (χ4v) is 3.75. The first-order valence-corrected chi connectivity index (χ1v) is 10.2. The van der Waals surface area contributed by atoms with E-state index < -0.39 is 0 Å². The smallest absolute Gasteiger partial charge is 0.410 e. The van der Waals surface area contributed by atoms with E-state index in [4.69, 9.17) is 9.84 Å². The first kappa shape index (κ1) is 17.9. The van der Waals surface area contributed by atoms with Crippen molar-refractivity contribution in [2.75, 3.05) is 25.0 Å². The summed E-state index contributed by atoms with van der Waals surface area (Å²) < 4.78 is 7.30. The Labute approximate surface area is 168 Å². The number of likely N-dealkylation sites (tertiary alicyclic amines) is 1.